The van der Waals surface area contributed by atoms with Crippen molar-refractivity contribution in [1.82, 2.24) is 15.6 Å². The van der Waals surface area contributed by atoms with Gasteiger partial charge in [-0.05, 0) is 72.5 Å². The number of hydrogen-bond acceptors (Lipinski definition) is 5. The molecular weight excluding hydrogens is 461 g/mol. The summed E-state index contributed by atoms with van der Waals surface area (Å²) in [6.07, 6.45) is -0.0568. The number of fused-ring (bicyclic) bond motifs is 1. The summed E-state index contributed by atoms with van der Waals surface area (Å²) in [6, 6.07) is 18.6. The average molecular weight is 492 g/mol. The Kier molecular flexibility index (Phi) is 8.00. The molecule has 0 saturated carbocycles. The number of benzene rings is 3. The summed E-state index contributed by atoms with van der Waals surface area (Å²) in [4.78, 5) is 15.7. The smallest absolute Gasteiger partial charge is 0.267 e. The van der Waals surface area contributed by atoms with Crippen molar-refractivity contribution in [2.24, 2.45) is 0 Å². The second kappa shape index (κ2) is 11.3. The van der Waals surface area contributed by atoms with Crippen LogP contribution in [0, 0.1) is 5.82 Å². The number of halogens is 1. The highest BCUT2D eigenvalue weighted by Gasteiger charge is 2.14. The molecule has 36 heavy (non-hydrogen) atoms. The van der Waals surface area contributed by atoms with E-state index in [0.29, 0.717) is 29.9 Å². The number of nitrogens with one attached hydrogen (secondary N) is 3. The summed E-state index contributed by atoms with van der Waals surface area (Å²) in [5.41, 5.74) is 4.21. The number of aliphatic hydroxyl groups excluding tert-OH is 2. The van der Waals surface area contributed by atoms with Crippen LogP contribution in [0.3, 0.4) is 0 Å². The Morgan fingerprint density at radius 2 is 1.78 bits per heavy atom. The van der Waals surface area contributed by atoms with Crippen LogP contribution in [-0.2, 0) is 19.6 Å². The molecule has 1 aromatic heterocycles. The predicted octanol–water partition coefficient (Wildman–Crippen LogP) is 3.69. The van der Waals surface area contributed by atoms with E-state index in [1.807, 2.05) is 31.2 Å². The second-order valence-corrected chi connectivity index (χ2v) is 8.99. The van der Waals surface area contributed by atoms with Crippen LogP contribution in [-0.4, -0.2) is 38.8 Å². The standard InChI is InChI=1S/C28H30FN3O4/c1-17(30-15-27(35)20-5-9-26(34)22(12-20)16-33)10-19-4-8-24-21(11-19)13-25(32-24)28(36)31-14-18-2-6-23(29)7-3-18/h2-9,11-13,17,27,30,32-35H,10,14-16H2,1H3,(H,31,36). The Balaban J connectivity index is 1.32. The van der Waals surface area contributed by atoms with Crippen molar-refractivity contribution in [3.63, 3.8) is 0 Å². The van der Waals surface area contributed by atoms with E-state index < -0.39 is 6.10 Å². The van der Waals surface area contributed by atoms with E-state index in [4.69, 9.17) is 0 Å². The molecule has 0 bridgehead atoms. The number of aromatic nitrogens is 1. The summed E-state index contributed by atoms with van der Waals surface area (Å²) in [5, 5.41) is 36.6. The first-order valence-electron chi connectivity index (χ1n) is 11.8. The molecule has 2 unspecified atom stereocenters. The molecule has 6 N–H and O–H groups in total. The first-order valence-corrected chi connectivity index (χ1v) is 11.8. The fourth-order valence-corrected chi connectivity index (χ4v) is 4.11. The second-order valence-electron chi connectivity index (χ2n) is 8.99. The number of carbonyl (C=O) groups is 1. The molecule has 188 valence electrons. The maximum atomic E-state index is 13.0. The van der Waals surface area contributed by atoms with Crippen LogP contribution in [0.1, 0.15) is 45.8 Å². The Morgan fingerprint density at radius 1 is 1.03 bits per heavy atom. The number of carbonyl (C=O) groups excluding carboxylic acids is 1. The first kappa shape index (κ1) is 25.4. The van der Waals surface area contributed by atoms with E-state index in [1.54, 1.807) is 24.3 Å². The number of rotatable bonds is 10. The van der Waals surface area contributed by atoms with Gasteiger partial charge in [0.15, 0.2) is 0 Å². The zero-order chi connectivity index (χ0) is 25.7. The van der Waals surface area contributed by atoms with E-state index >= 15 is 0 Å². The highest BCUT2D eigenvalue weighted by Crippen LogP contribution is 2.23. The van der Waals surface area contributed by atoms with Gasteiger partial charge in [0, 0.05) is 35.6 Å². The Labute approximate surface area is 208 Å². The summed E-state index contributed by atoms with van der Waals surface area (Å²) < 4.78 is 13.0. The third-order valence-corrected chi connectivity index (χ3v) is 6.16. The van der Waals surface area contributed by atoms with Crippen molar-refractivity contribution in [2.75, 3.05) is 6.54 Å². The quantitative estimate of drug-likeness (QED) is 0.202. The van der Waals surface area contributed by atoms with Gasteiger partial charge in [0.1, 0.15) is 17.3 Å². The lowest BCUT2D eigenvalue weighted by Gasteiger charge is -2.18. The molecule has 4 rings (SSSR count). The zero-order valence-corrected chi connectivity index (χ0v) is 20.0. The van der Waals surface area contributed by atoms with E-state index in [9.17, 15) is 24.5 Å². The first-order chi connectivity index (χ1) is 17.3. The van der Waals surface area contributed by atoms with Crippen molar-refractivity contribution >= 4 is 16.8 Å². The SMILES string of the molecule is CC(Cc1ccc2[nH]c(C(=O)NCc3ccc(F)cc3)cc2c1)NCC(O)c1ccc(O)c(CO)c1. The monoisotopic (exact) mass is 491 g/mol. The molecule has 7 nitrogen and oxygen atoms in total. The molecular formula is C28H30FN3O4. The Bertz CT molecular complexity index is 1340. The van der Waals surface area contributed by atoms with Crippen LogP contribution in [0.5, 0.6) is 5.75 Å². The fraction of sp³-hybridized carbons (Fsp3) is 0.250. The van der Waals surface area contributed by atoms with Gasteiger partial charge in [-0.3, -0.25) is 4.79 Å². The van der Waals surface area contributed by atoms with Gasteiger partial charge in [0.05, 0.1) is 12.7 Å². The van der Waals surface area contributed by atoms with Gasteiger partial charge in [-0.15, -0.1) is 0 Å². The summed E-state index contributed by atoms with van der Waals surface area (Å²) in [5.74, 6) is -0.547. The Hall–Kier alpha value is -3.72. The van der Waals surface area contributed by atoms with Crippen LogP contribution in [0.25, 0.3) is 10.9 Å². The maximum Gasteiger partial charge on any atom is 0.267 e. The minimum Gasteiger partial charge on any atom is -0.508 e. The molecule has 4 aromatic rings. The lowest BCUT2D eigenvalue weighted by molar-refractivity contribution is 0.0946. The van der Waals surface area contributed by atoms with Crippen LogP contribution in [0.2, 0.25) is 0 Å². The molecule has 0 aliphatic heterocycles. The summed E-state index contributed by atoms with van der Waals surface area (Å²) in [6.45, 7) is 2.36. The number of aromatic hydroxyl groups is 1. The zero-order valence-electron chi connectivity index (χ0n) is 20.0. The number of amides is 1. The molecule has 0 saturated heterocycles. The number of phenols is 1. The van der Waals surface area contributed by atoms with Gasteiger partial charge < -0.3 is 30.9 Å². The van der Waals surface area contributed by atoms with Gasteiger partial charge >= 0.3 is 0 Å². The molecule has 0 aliphatic rings. The number of H-pyrrole nitrogens is 1. The number of hydrogen-bond donors (Lipinski definition) is 6. The van der Waals surface area contributed by atoms with Crippen molar-refractivity contribution in [2.45, 2.75) is 38.6 Å². The van der Waals surface area contributed by atoms with Crippen molar-refractivity contribution in [3.05, 3.63) is 100 Å². The normalized spacial score (nSPS) is 13.0. The van der Waals surface area contributed by atoms with Crippen LogP contribution >= 0.6 is 0 Å². The number of aliphatic hydroxyl groups is 2. The van der Waals surface area contributed by atoms with E-state index in [2.05, 4.69) is 15.6 Å². The molecule has 0 aliphatic carbocycles. The molecule has 0 spiro atoms. The van der Waals surface area contributed by atoms with Crippen LogP contribution in [0.15, 0.2) is 66.7 Å². The molecule has 3 aromatic carbocycles. The van der Waals surface area contributed by atoms with E-state index in [-0.39, 0.29) is 30.1 Å². The van der Waals surface area contributed by atoms with Gasteiger partial charge in [0.2, 0.25) is 0 Å². The molecule has 2 atom stereocenters. The highest BCUT2D eigenvalue weighted by atomic mass is 19.1. The fourth-order valence-electron chi connectivity index (χ4n) is 4.11. The molecule has 1 amide bonds. The van der Waals surface area contributed by atoms with Crippen molar-refractivity contribution in [3.8, 4) is 5.75 Å². The molecule has 0 fully saturated rings. The van der Waals surface area contributed by atoms with Gasteiger partial charge in [-0.25, -0.2) is 4.39 Å². The number of aromatic amines is 1. The van der Waals surface area contributed by atoms with Gasteiger partial charge in [-0.1, -0.05) is 24.3 Å². The van der Waals surface area contributed by atoms with Gasteiger partial charge in [-0.2, -0.15) is 0 Å². The maximum absolute atomic E-state index is 13.0. The van der Waals surface area contributed by atoms with E-state index in [1.165, 1.54) is 18.2 Å². The van der Waals surface area contributed by atoms with Crippen molar-refractivity contribution < 1.29 is 24.5 Å². The topological polar surface area (TPSA) is 118 Å². The average Bonchev–Trinajstić information content (AvgIpc) is 3.30. The summed E-state index contributed by atoms with van der Waals surface area (Å²) in [7, 11) is 0. The third kappa shape index (κ3) is 6.28. The lowest BCUT2D eigenvalue weighted by Crippen LogP contribution is -2.32. The minimum atomic E-state index is -0.776. The molecule has 0 radical (unpaired) electrons. The van der Waals surface area contributed by atoms with Crippen LogP contribution in [0.4, 0.5) is 4.39 Å². The predicted molar refractivity (Wildman–Crippen MR) is 136 cm³/mol. The largest absolute Gasteiger partial charge is 0.508 e. The van der Waals surface area contributed by atoms with E-state index in [0.717, 1.165) is 28.5 Å². The van der Waals surface area contributed by atoms with Crippen molar-refractivity contribution in [1.29, 1.82) is 0 Å². The highest BCUT2D eigenvalue weighted by molar-refractivity contribution is 5.98. The van der Waals surface area contributed by atoms with Gasteiger partial charge in [0.25, 0.3) is 5.91 Å². The lowest BCUT2D eigenvalue weighted by atomic mass is 10.0. The van der Waals surface area contributed by atoms with Crippen LogP contribution < -0.4 is 10.6 Å². The molecule has 8 heteroatoms. The third-order valence-electron chi connectivity index (χ3n) is 6.16. The minimum absolute atomic E-state index is 0.00319. The Morgan fingerprint density at radius 3 is 2.53 bits per heavy atom. The molecule has 1 heterocycles. The summed E-state index contributed by atoms with van der Waals surface area (Å²) >= 11 is 0.